The summed E-state index contributed by atoms with van der Waals surface area (Å²) in [5.41, 5.74) is 6.75. The molecule has 0 spiro atoms. The first-order valence-corrected chi connectivity index (χ1v) is 9.10. The maximum Gasteiger partial charge on any atom is 0.419 e. The van der Waals surface area contributed by atoms with Crippen LogP contribution < -0.4 is 11.5 Å². The number of sulfonamides is 1. The van der Waals surface area contributed by atoms with Crippen molar-refractivity contribution >= 4 is 33.5 Å². The van der Waals surface area contributed by atoms with E-state index in [9.17, 15) is 13.2 Å². The van der Waals surface area contributed by atoms with E-state index in [0.29, 0.717) is 24.5 Å². The Morgan fingerprint density at radius 1 is 1.29 bits per heavy atom. The lowest BCUT2D eigenvalue weighted by Gasteiger charge is -2.32. The zero-order valence-corrected chi connectivity index (χ0v) is 15.3. The molecule has 1 fully saturated rings. The summed E-state index contributed by atoms with van der Waals surface area (Å²) in [5, 5.41) is 0. The van der Waals surface area contributed by atoms with Gasteiger partial charge in [0, 0.05) is 32.2 Å². The number of hydrogen-bond acceptors (Lipinski definition) is 5. The molecule has 2 aromatic rings. The molecule has 0 amide bonds. The maximum atomic E-state index is 12.8. The van der Waals surface area contributed by atoms with Gasteiger partial charge in [-0.05, 0) is 37.8 Å². The van der Waals surface area contributed by atoms with E-state index in [0.717, 1.165) is 12.8 Å². The van der Waals surface area contributed by atoms with Gasteiger partial charge in [0.15, 0.2) is 5.58 Å². The maximum absolute atomic E-state index is 12.8. The van der Waals surface area contributed by atoms with Crippen LogP contribution in [0.5, 0.6) is 0 Å². The van der Waals surface area contributed by atoms with Crippen LogP contribution in [-0.4, -0.2) is 36.4 Å². The fourth-order valence-corrected chi connectivity index (χ4v) is 4.55. The molecule has 2 N–H and O–H groups in total. The summed E-state index contributed by atoms with van der Waals surface area (Å²) in [5.74, 6) is -0.150. The van der Waals surface area contributed by atoms with Gasteiger partial charge in [-0.1, -0.05) is 0 Å². The second-order valence-electron chi connectivity index (χ2n) is 6.16. The number of oxazole rings is 1. The summed E-state index contributed by atoms with van der Waals surface area (Å²) in [6, 6.07) is 4.62. The molecule has 24 heavy (non-hydrogen) atoms. The summed E-state index contributed by atoms with van der Waals surface area (Å²) in [4.78, 5) is 11.7. The van der Waals surface area contributed by atoms with Crippen molar-refractivity contribution in [1.82, 2.24) is 8.87 Å². The smallest absolute Gasteiger partial charge is 0.408 e. The molecule has 1 aliphatic rings. The molecule has 0 saturated carbocycles. The zero-order chi connectivity index (χ0) is 16.8. The first kappa shape index (κ1) is 19.0. The fraction of sp³-hybridized carbons (Fsp3) is 0.533. The van der Waals surface area contributed by atoms with Crippen molar-refractivity contribution < 1.29 is 12.8 Å². The highest BCUT2D eigenvalue weighted by atomic mass is 35.5. The van der Waals surface area contributed by atoms with Crippen molar-refractivity contribution in [3.63, 3.8) is 0 Å². The predicted molar refractivity (Wildman–Crippen MR) is 93.8 cm³/mol. The molecule has 1 aromatic heterocycles. The Kier molecular flexibility index (Phi) is 5.44. The summed E-state index contributed by atoms with van der Waals surface area (Å²) < 4.78 is 33.4. The number of nitrogens with zero attached hydrogens (tertiary/aromatic N) is 2. The lowest BCUT2D eigenvalue weighted by Crippen LogP contribution is -2.42. The SMILES string of the molecule is CC(N)C1CCN(S(=O)(=O)c2ccc3c(c2)oc(=O)n3C)CC1.Cl. The minimum Gasteiger partial charge on any atom is -0.408 e. The van der Waals surface area contributed by atoms with E-state index in [1.54, 1.807) is 13.1 Å². The van der Waals surface area contributed by atoms with E-state index in [1.165, 1.54) is 21.0 Å². The highest BCUT2D eigenvalue weighted by Gasteiger charge is 2.31. The van der Waals surface area contributed by atoms with Crippen molar-refractivity contribution in [3.8, 4) is 0 Å². The fourth-order valence-electron chi connectivity index (χ4n) is 3.07. The number of rotatable bonds is 3. The number of benzene rings is 1. The van der Waals surface area contributed by atoms with E-state index in [2.05, 4.69) is 0 Å². The first-order valence-electron chi connectivity index (χ1n) is 7.66. The number of nitrogens with two attached hydrogens (primary N) is 1. The van der Waals surface area contributed by atoms with E-state index in [-0.39, 0.29) is 28.9 Å². The summed E-state index contributed by atoms with van der Waals surface area (Å²) in [6.07, 6.45) is 1.53. The predicted octanol–water partition coefficient (Wildman–Crippen LogP) is 1.30. The Hall–Kier alpha value is -1.35. The van der Waals surface area contributed by atoms with Crippen molar-refractivity contribution in [3.05, 3.63) is 28.7 Å². The minimum atomic E-state index is -3.58. The van der Waals surface area contributed by atoms with Crippen molar-refractivity contribution in [1.29, 1.82) is 0 Å². The number of aromatic nitrogens is 1. The van der Waals surface area contributed by atoms with Crippen LogP contribution in [0.2, 0.25) is 0 Å². The van der Waals surface area contributed by atoms with Crippen molar-refractivity contribution in [2.75, 3.05) is 13.1 Å². The van der Waals surface area contributed by atoms with Gasteiger partial charge in [-0.25, -0.2) is 13.2 Å². The molecule has 7 nitrogen and oxygen atoms in total. The van der Waals surface area contributed by atoms with Crippen molar-refractivity contribution in [2.24, 2.45) is 18.7 Å². The molecule has 1 saturated heterocycles. The third kappa shape index (κ3) is 3.23. The quantitative estimate of drug-likeness (QED) is 0.871. The Labute approximate surface area is 146 Å². The van der Waals surface area contributed by atoms with Crippen LogP contribution >= 0.6 is 12.4 Å². The standard InChI is InChI=1S/C15H21N3O4S.ClH/c1-10(16)11-5-7-18(8-6-11)23(20,21)12-3-4-13-14(9-12)22-15(19)17(13)2;/h3-4,9-11H,5-8,16H2,1-2H3;1H. The van der Waals surface area contributed by atoms with E-state index in [4.69, 9.17) is 10.2 Å². The Morgan fingerprint density at radius 2 is 1.92 bits per heavy atom. The minimum absolute atomic E-state index is 0. The van der Waals surface area contributed by atoms with Crippen LogP contribution in [0, 0.1) is 5.92 Å². The molecule has 0 radical (unpaired) electrons. The molecule has 1 aromatic carbocycles. The van der Waals surface area contributed by atoms with Gasteiger partial charge in [0.25, 0.3) is 0 Å². The molecule has 2 heterocycles. The van der Waals surface area contributed by atoms with Crippen LogP contribution in [0.4, 0.5) is 0 Å². The molecule has 1 unspecified atom stereocenters. The summed E-state index contributed by atoms with van der Waals surface area (Å²) in [6.45, 7) is 2.89. The van der Waals surface area contributed by atoms with Gasteiger partial charge in [0.2, 0.25) is 10.0 Å². The Balaban J connectivity index is 0.00000208. The third-order valence-corrected chi connectivity index (χ3v) is 6.54. The Morgan fingerprint density at radius 3 is 2.50 bits per heavy atom. The number of halogens is 1. The summed E-state index contributed by atoms with van der Waals surface area (Å²) in [7, 11) is -2.00. The molecule has 134 valence electrons. The topological polar surface area (TPSA) is 98.5 Å². The van der Waals surface area contributed by atoms with Crippen LogP contribution in [0.15, 0.2) is 32.3 Å². The van der Waals surface area contributed by atoms with Gasteiger partial charge in [-0.15, -0.1) is 12.4 Å². The molecular formula is C15H22ClN3O4S. The number of aryl methyl sites for hydroxylation is 1. The zero-order valence-electron chi connectivity index (χ0n) is 13.6. The monoisotopic (exact) mass is 375 g/mol. The van der Waals surface area contributed by atoms with Gasteiger partial charge in [0.1, 0.15) is 0 Å². The molecule has 1 aliphatic heterocycles. The lowest BCUT2D eigenvalue weighted by molar-refractivity contribution is 0.250. The highest BCUT2D eigenvalue weighted by Crippen LogP contribution is 2.26. The lowest BCUT2D eigenvalue weighted by atomic mass is 9.92. The van der Waals surface area contributed by atoms with Crippen LogP contribution in [0.3, 0.4) is 0 Å². The van der Waals surface area contributed by atoms with Crippen LogP contribution in [0.25, 0.3) is 11.1 Å². The molecule has 1 atom stereocenters. The second-order valence-corrected chi connectivity index (χ2v) is 8.10. The molecular weight excluding hydrogens is 354 g/mol. The van der Waals surface area contributed by atoms with Crippen LogP contribution in [0.1, 0.15) is 19.8 Å². The van der Waals surface area contributed by atoms with E-state index in [1.807, 2.05) is 6.92 Å². The number of hydrogen-bond donors (Lipinski definition) is 1. The van der Waals surface area contributed by atoms with Gasteiger partial charge in [-0.3, -0.25) is 4.57 Å². The molecule has 3 rings (SSSR count). The average Bonchev–Trinajstić information content (AvgIpc) is 2.81. The van der Waals surface area contributed by atoms with Gasteiger partial charge in [-0.2, -0.15) is 4.31 Å². The van der Waals surface area contributed by atoms with E-state index < -0.39 is 15.8 Å². The first-order chi connectivity index (χ1) is 10.8. The Bertz CT molecular complexity index is 880. The largest absolute Gasteiger partial charge is 0.419 e. The van der Waals surface area contributed by atoms with Crippen LogP contribution in [-0.2, 0) is 17.1 Å². The molecule has 0 aliphatic carbocycles. The molecule has 9 heteroatoms. The third-order valence-electron chi connectivity index (χ3n) is 4.64. The normalized spacial score (nSPS) is 18.5. The summed E-state index contributed by atoms with van der Waals surface area (Å²) >= 11 is 0. The molecule has 0 bridgehead atoms. The van der Waals surface area contributed by atoms with Gasteiger partial charge >= 0.3 is 5.76 Å². The number of piperidine rings is 1. The number of fused-ring (bicyclic) bond motifs is 1. The average molecular weight is 376 g/mol. The second kappa shape index (κ2) is 6.87. The highest BCUT2D eigenvalue weighted by molar-refractivity contribution is 7.89. The van der Waals surface area contributed by atoms with Crippen molar-refractivity contribution in [2.45, 2.75) is 30.7 Å². The van der Waals surface area contributed by atoms with E-state index >= 15 is 0 Å². The van der Waals surface area contributed by atoms with Gasteiger partial charge in [0.05, 0.1) is 10.4 Å². The van der Waals surface area contributed by atoms with Gasteiger partial charge < -0.3 is 10.2 Å².